The summed E-state index contributed by atoms with van der Waals surface area (Å²) in [6.07, 6.45) is -0.738. The highest BCUT2D eigenvalue weighted by molar-refractivity contribution is 5.85. The molecule has 7 heteroatoms. The first-order valence-corrected chi connectivity index (χ1v) is 10.5. The molecule has 7 nitrogen and oxygen atoms in total. The number of hydrogen-bond donors (Lipinski definition) is 2. The van der Waals surface area contributed by atoms with Crippen LogP contribution in [0.15, 0.2) is 91.0 Å². The number of carbonyl (C=O) groups is 1. The fraction of sp³-hybridized carbons (Fsp3) is 0.160. The van der Waals surface area contributed by atoms with Gasteiger partial charge in [0.15, 0.2) is 6.10 Å². The predicted molar refractivity (Wildman–Crippen MR) is 125 cm³/mol. The van der Waals surface area contributed by atoms with Crippen LogP contribution >= 0.6 is 0 Å². The summed E-state index contributed by atoms with van der Waals surface area (Å²) in [4.78, 5) is 17.6. The van der Waals surface area contributed by atoms with E-state index < -0.39 is 6.10 Å². The highest BCUT2D eigenvalue weighted by atomic mass is 16.5. The lowest BCUT2D eigenvalue weighted by atomic mass is 10.2. The van der Waals surface area contributed by atoms with Crippen molar-refractivity contribution in [2.45, 2.75) is 26.1 Å². The zero-order valence-corrected chi connectivity index (χ0v) is 17.8. The van der Waals surface area contributed by atoms with Gasteiger partial charge in [-0.1, -0.05) is 78.9 Å². The molecule has 0 unspecified atom stereocenters. The van der Waals surface area contributed by atoms with Crippen molar-refractivity contribution in [3.8, 4) is 5.75 Å². The van der Waals surface area contributed by atoms with Gasteiger partial charge >= 0.3 is 0 Å². The van der Waals surface area contributed by atoms with Crippen molar-refractivity contribution >= 4 is 17.8 Å². The Bertz CT molecular complexity index is 1130. The number of ether oxygens (including phenoxy) is 1. The molecule has 2 N–H and O–H groups in total. The van der Waals surface area contributed by atoms with Crippen molar-refractivity contribution < 1.29 is 9.53 Å². The highest BCUT2D eigenvalue weighted by Crippen LogP contribution is 2.16. The Morgan fingerprint density at radius 3 is 1.97 bits per heavy atom. The van der Waals surface area contributed by atoms with E-state index in [0.717, 1.165) is 11.1 Å². The zero-order chi connectivity index (χ0) is 22.2. The third-order valence-electron chi connectivity index (χ3n) is 4.81. The van der Waals surface area contributed by atoms with Crippen LogP contribution in [0.4, 0.5) is 11.9 Å². The van der Waals surface area contributed by atoms with E-state index in [1.54, 1.807) is 6.92 Å². The van der Waals surface area contributed by atoms with E-state index in [1.807, 2.05) is 91.0 Å². The van der Waals surface area contributed by atoms with Crippen LogP contribution in [0.3, 0.4) is 0 Å². The number of hydrogen-bond acceptors (Lipinski definition) is 6. The molecule has 0 saturated heterocycles. The van der Waals surface area contributed by atoms with Gasteiger partial charge in [-0.2, -0.15) is 9.67 Å². The smallest absolute Gasteiger partial charge is 0.290 e. The van der Waals surface area contributed by atoms with E-state index in [9.17, 15) is 4.79 Å². The third kappa shape index (κ3) is 5.51. The average Bonchev–Trinajstić information content (AvgIpc) is 3.26. The SMILES string of the molecule is C[C@H](Oc1ccccc1)C(=O)n1nc(NCc2ccccc2)nc1NCc1ccccc1. The summed E-state index contributed by atoms with van der Waals surface area (Å²) < 4.78 is 7.07. The molecule has 0 radical (unpaired) electrons. The maximum Gasteiger partial charge on any atom is 0.290 e. The summed E-state index contributed by atoms with van der Waals surface area (Å²) in [5.74, 6) is 1.03. The van der Waals surface area contributed by atoms with Crippen molar-refractivity contribution in [2.24, 2.45) is 0 Å². The molecular weight excluding hydrogens is 402 g/mol. The highest BCUT2D eigenvalue weighted by Gasteiger charge is 2.23. The normalized spacial score (nSPS) is 11.5. The third-order valence-corrected chi connectivity index (χ3v) is 4.81. The minimum absolute atomic E-state index is 0.315. The largest absolute Gasteiger partial charge is 0.481 e. The van der Waals surface area contributed by atoms with E-state index >= 15 is 0 Å². The topological polar surface area (TPSA) is 81.1 Å². The van der Waals surface area contributed by atoms with Gasteiger partial charge in [0.1, 0.15) is 5.75 Å². The molecule has 0 amide bonds. The first kappa shape index (κ1) is 21.1. The zero-order valence-electron chi connectivity index (χ0n) is 17.8. The van der Waals surface area contributed by atoms with Gasteiger partial charge in [0.25, 0.3) is 5.91 Å². The summed E-state index contributed by atoms with van der Waals surface area (Å²) in [5.41, 5.74) is 2.16. The lowest BCUT2D eigenvalue weighted by Gasteiger charge is -2.14. The molecule has 4 rings (SSSR count). The van der Waals surface area contributed by atoms with Crippen molar-refractivity contribution in [1.29, 1.82) is 0 Å². The average molecular weight is 428 g/mol. The molecule has 162 valence electrons. The molecule has 32 heavy (non-hydrogen) atoms. The summed E-state index contributed by atoms with van der Waals surface area (Å²) in [5, 5.41) is 10.8. The molecule has 0 aliphatic carbocycles. The first-order valence-electron chi connectivity index (χ1n) is 10.5. The van der Waals surface area contributed by atoms with Gasteiger partial charge in [0, 0.05) is 13.1 Å². The predicted octanol–water partition coefficient (Wildman–Crippen LogP) is 4.61. The van der Waals surface area contributed by atoms with Crippen LogP contribution in [0.5, 0.6) is 5.75 Å². The van der Waals surface area contributed by atoms with Crippen molar-refractivity contribution in [3.05, 3.63) is 102 Å². The lowest BCUT2D eigenvalue weighted by molar-refractivity contribution is 0.0713. The van der Waals surface area contributed by atoms with Gasteiger partial charge in [-0.15, -0.1) is 5.10 Å². The number of carbonyl (C=O) groups excluding carboxylic acids is 1. The second kappa shape index (κ2) is 10.3. The van der Waals surface area contributed by atoms with Gasteiger partial charge in [-0.3, -0.25) is 4.79 Å². The molecule has 0 spiro atoms. The fourth-order valence-corrected chi connectivity index (χ4v) is 3.13. The van der Waals surface area contributed by atoms with Crippen LogP contribution in [0.2, 0.25) is 0 Å². The number of nitrogens with one attached hydrogen (secondary N) is 2. The molecule has 1 heterocycles. The summed E-state index contributed by atoms with van der Waals surface area (Å²) in [7, 11) is 0. The van der Waals surface area contributed by atoms with Gasteiger partial charge in [-0.25, -0.2) is 0 Å². The number of para-hydroxylation sites is 1. The van der Waals surface area contributed by atoms with Gasteiger partial charge in [-0.05, 0) is 30.2 Å². The molecule has 0 fully saturated rings. The number of benzene rings is 3. The second-order valence-electron chi connectivity index (χ2n) is 7.26. The molecule has 0 aliphatic heterocycles. The Kier molecular flexibility index (Phi) is 6.77. The quantitative estimate of drug-likeness (QED) is 0.406. The molecule has 4 aromatic rings. The minimum Gasteiger partial charge on any atom is -0.481 e. The fourth-order valence-electron chi connectivity index (χ4n) is 3.13. The van der Waals surface area contributed by atoms with Crippen molar-refractivity contribution in [2.75, 3.05) is 10.6 Å². The Morgan fingerprint density at radius 2 is 1.38 bits per heavy atom. The molecular formula is C25H25N5O2. The van der Waals surface area contributed by atoms with E-state index in [2.05, 4.69) is 20.7 Å². The Hall–Kier alpha value is -4.13. The van der Waals surface area contributed by atoms with Gasteiger partial charge in [0.05, 0.1) is 0 Å². The molecule has 0 saturated carbocycles. The minimum atomic E-state index is -0.738. The van der Waals surface area contributed by atoms with Crippen LogP contribution in [-0.2, 0) is 13.1 Å². The van der Waals surface area contributed by atoms with Crippen molar-refractivity contribution in [1.82, 2.24) is 14.8 Å². The molecule has 0 aliphatic rings. The van der Waals surface area contributed by atoms with Crippen molar-refractivity contribution in [3.63, 3.8) is 0 Å². The first-order chi connectivity index (χ1) is 15.7. The number of rotatable bonds is 9. The van der Waals surface area contributed by atoms with Gasteiger partial charge < -0.3 is 15.4 Å². The van der Waals surface area contributed by atoms with Crippen LogP contribution in [-0.4, -0.2) is 26.8 Å². The van der Waals surface area contributed by atoms with Gasteiger partial charge in [0.2, 0.25) is 11.9 Å². The maximum absolute atomic E-state index is 13.1. The van der Waals surface area contributed by atoms with E-state index in [-0.39, 0.29) is 5.91 Å². The summed E-state index contributed by atoms with van der Waals surface area (Å²) >= 11 is 0. The summed E-state index contributed by atoms with van der Waals surface area (Å²) in [6, 6.07) is 29.1. The van der Waals surface area contributed by atoms with E-state index in [1.165, 1.54) is 4.68 Å². The molecule has 1 aromatic heterocycles. The molecule has 3 aromatic carbocycles. The van der Waals surface area contributed by atoms with Crippen LogP contribution in [0.25, 0.3) is 0 Å². The van der Waals surface area contributed by atoms with E-state index in [0.29, 0.717) is 30.7 Å². The number of aromatic nitrogens is 3. The maximum atomic E-state index is 13.1. The molecule has 0 bridgehead atoms. The van der Waals surface area contributed by atoms with E-state index in [4.69, 9.17) is 4.74 Å². The number of anilines is 2. The monoisotopic (exact) mass is 427 g/mol. The standard InChI is InChI=1S/C25H25N5O2/c1-19(32-22-15-9-4-10-16-22)23(31)30-25(27-18-21-13-7-3-8-14-21)28-24(29-30)26-17-20-11-5-2-6-12-20/h2-16,19H,17-18H2,1H3,(H2,26,27,28,29)/t19-/m0/s1. The van der Waals surface area contributed by atoms with Crippen LogP contribution in [0.1, 0.15) is 22.8 Å². The second-order valence-corrected chi connectivity index (χ2v) is 7.26. The Morgan fingerprint density at radius 1 is 0.844 bits per heavy atom. The Labute approximate surface area is 187 Å². The summed E-state index contributed by atoms with van der Waals surface area (Å²) in [6.45, 7) is 2.77. The molecule has 1 atom stereocenters. The van der Waals surface area contributed by atoms with Crippen LogP contribution < -0.4 is 15.4 Å². The Balaban J connectivity index is 1.51. The van der Waals surface area contributed by atoms with Crippen LogP contribution in [0, 0.1) is 0 Å². The number of nitrogens with zero attached hydrogens (tertiary/aromatic N) is 3. The lowest BCUT2D eigenvalue weighted by Crippen LogP contribution is -2.31.